The molecular weight excluding hydrogens is 88.1 g/mol. The van der Waals surface area contributed by atoms with Crippen molar-refractivity contribution in [1.29, 1.82) is 0 Å². The second kappa shape index (κ2) is 3.81. The third-order valence-electron chi connectivity index (χ3n) is 0.790. The minimum Gasteiger partial charge on any atom is -0.299 e. The van der Waals surface area contributed by atoms with E-state index in [1.807, 2.05) is 20.9 Å². The quantitative estimate of drug-likeness (QED) is 0.506. The molecule has 0 aromatic rings. The van der Waals surface area contributed by atoms with Crippen LogP contribution in [0.4, 0.5) is 0 Å². The number of hydrogen-bond donors (Lipinski definition) is 1. The Morgan fingerprint density at radius 2 is 2.29 bits per heavy atom. The first-order chi connectivity index (χ1) is 3.31. The number of nitrogens with zero attached hydrogens (tertiary/aromatic N) is 1. The highest BCUT2D eigenvalue weighted by atomic mass is 15.0. The van der Waals surface area contributed by atoms with E-state index in [0.717, 1.165) is 0 Å². The van der Waals surface area contributed by atoms with E-state index in [1.165, 1.54) is 0 Å². The van der Waals surface area contributed by atoms with E-state index < -0.39 is 0 Å². The van der Waals surface area contributed by atoms with Gasteiger partial charge in [0.25, 0.3) is 0 Å². The fourth-order valence-electron chi connectivity index (χ4n) is 0.298. The van der Waals surface area contributed by atoms with Gasteiger partial charge in [0.05, 0.1) is 6.17 Å². The van der Waals surface area contributed by atoms with Crippen molar-refractivity contribution in [2.75, 3.05) is 7.05 Å². The average Bonchev–Trinajstić information content (AvgIpc) is 1.68. The van der Waals surface area contributed by atoms with Crippen LogP contribution in [0.3, 0.4) is 0 Å². The minimum atomic E-state index is 0.269. The maximum atomic E-state index is 4.01. The number of nitrogens with one attached hydrogen (secondary N) is 1. The summed E-state index contributed by atoms with van der Waals surface area (Å²) in [6.45, 7) is 3.91. The number of hydrogen-bond acceptors (Lipinski definition) is 2. The molecule has 0 spiro atoms. The third-order valence-corrected chi connectivity index (χ3v) is 0.790. The van der Waals surface area contributed by atoms with Gasteiger partial charge in [0.1, 0.15) is 0 Å². The van der Waals surface area contributed by atoms with E-state index in [2.05, 4.69) is 10.3 Å². The van der Waals surface area contributed by atoms with Crippen molar-refractivity contribution in [1.82, 2.24) is 5.32 Å². The maximum absolute atomic E-state index is 4.01. The van der Waals surface area contributed by atoms with Gasteiger partial charge in [-0.05, 0) is 27.1 Å². The molecule has 0 amide bonds. The first-order valence-corrected chi connectivity index (χ1v) is 2.46. The third kappa shape index (κ3) is 3.46. The van der Waals surface area contributed by atoms with E-state index >= 15 is 0 Å². The first kappa shape index (κ1) is 6.63. The molecule has 0 aromatic carbocycles. The van der Waals surface area contributed by atoms with Crippen molar-refractivity contribution in [2.24, 2.45) is 4.99 Å². The van der Waals surface area contributed by atoms with Gasteiger partial charge < -0.3 is 0 Å². The van der Waals surface area contributed by atoms with E-state index in [1.54, 1.807) is 6.21 Å². The van der Waals surface area contributed by atoms with Crippen LogP contribution >= 0.6 is 0 Å². The normalized spacial score (nSPS) is 15.3. The van der Waals surface area contributed by atoms with Crippen LogP contribution in [-0.2, 0) is 0 Å². The zero-order chi connectivity index (χ0) is 5.70. The summed E-state index contributed by atoms with van der Waals surface area (Å²) in [7, 11) is 1.89. The van der Waals surface area contributed by atoms with Crippen LogP contribution in [0.5, 0.6) is 0 Å². The molecule has 0 heterocycles. The second-order valence-corrected chi connectivity index (χ2v) is 1.37. The van der Waals surface area contributed by atoms with Gasteiger partial charge >= 0.3 is 0 Å². The number of rotatable bonds is 2. The topological polar surface area (TPSA) is 24.4 Å². The summed E-state index contributed by atoms with van der Waals surface area (Å²) in [6, 6.07) is 0. The van der Waals surface area contributed by atoms with Gasteiger partial charge in [-0.3, -0.25) is 10.3 Å². The smallest absolute Gasteiger partial charge is 0.0959 e. The molecule has 0 aliphatic carbocycles. The summed E-state index contributed by atoms with van der Waals surface area (Å²) in [4.78, 5) is 4.01. The fourth-order valence-corrected chi connectivity index (χ4v) is 0.298. The van der Waals surface area contributed by atoms with E-state index in [-0.39, 0.29) is 6.17 Å². The van der Waals surface area contributed by atoms with Gasteiger partial charge in [0, 0.05) is 0 Å². The zero-order valence-corrected chi connectivity index (χ0v) is 5.10. The summed E-state index contributed by atoms with van der Waals surface area (Å²) in [6.07, 6.45) is 2.06. The Labute approximate surface area is 44.6 Å². The molecule has 2 heteroatoms. The van der Waals surface area contributed by atoms with Crippen molar-refractivity contribution in [2.45, 2.75) is 20.0 Å². The lowest BCUT2D eigenvalue weighted by molar-refractivity contribution is 0.644. The van der Waals surface area contributed by atoms with Crippen molar-refractivity contribution in [3.8, 4) is 0 Å². The summed E-state index contributed by atoms with van der Waals surface area (Å²) in [5.41, 5.74) is 0. The molecule has 0 bridgehead atoms. The van der Waals surface area contributed by atoms with Gasteiger partial charge in [0.2, 0.25) is 0 Å². The predicted octanol–water partition coefficient (Wildman–Crippen LogP) is 0.643. The molecule has 0 saturated heterocycles. The van der Waals surface area contributed by atoms with E-state index in [0.29, 0.717) is 0 Å². The summed E-state index contributed by atoms with van der Waals surface area (Å²) in [5.74, 6) is 0. The molecule has 0 aliphatic rings. The lowest BCUT2D eigenvalue weighted by atomic mass is 10.6. The van der Waals surface area contributed by atoms with Gasteiger partial charge in [-0.15, -0.1) is 0 Å². The largest absolute Gasteiger partial charge is 0.299 e. The van der Waals surface area contributed by atoms with Crippen molar-refractivity contribution in [3.63, 3.8) is 0 Å². The Balaban J connectivity index is 3.16. The molecule has 0 unspecified atom stereocenters. The Morgan fingerprint density at radius 3 is 2.43 bits per heavy atom. The molecular formula is C5H12N2. The van der Waals surface area contributed by atoms with Crippen molar-refractivity contribution < 1.29 is 0 Å². The Morgan fingerprint density at radius 1 is 1.71 bits per heavy atom. The molecule has 0 rings (SSSR count). The van der Waals surface area contributed by atoms with Crippen molar-refractivity contribution >= 4 is 6.21 Å². The Kier molecular flexibility index (Phi) is 3.61. The minimum absolute atomic E-state index is 0.269. The van der Waals surface area contributed by atoms with Crippen LogP contribution < -0.4 is 5.32 Å². The molecule has 0 aromatic heterocycles. The lowest BCUT2D eigenvalue weighted by Crippen LogP contribution is -2.17. The molecule has 0 fully saturated rings. The van der Waals surface area contributed by atoms with Crippen LogP contribution in [0.1, 0.15) is 13.8 Å². The monoisotopic (exact) mass is 100 g/mol. The summed E-state index contributed by atoms with van der Waals surface area (Å²) < 4.78 is 0. The summed E-state index contributed by atoms with van der Waals surface area (Å²) >= 11 is 0. The van der Waals surface area contributed by atoms with Crippen LogP contribution in [0.2, 0.25) is 0 Å². The van der Waals surface area contributed by atoms with Crippen LogP contribution in [-0.4, -0.2) is 19.4 Å². The van der Waals surface area contributed by atoms with Gasteiger partial charge in [-0.25, -0.2) is 0 Å². The molecule has 1 N–H and O–H groups in total. The molecule has 0 saturated carbocycles. The second-order valence-electron chi connectivity index (χ2n) is 1.37. The van der Waals surface area contributed by atoms with Gasteiger partial charge in [-0.1, -0.05) is 0 Å². The highest BCUT2D eigenvalue weighted by molar-refractivity contribution is 5.53. The maximum Gasteiger partial charge on any atom is 0.0959 e. The zero-order valence-electron chi connectivity index (χ0n) is 5.10. The molecule has 42 valence electrons. The Bertz CT molecular complexity index is 59.1. The standard InChI is InChI=1S/C5H12N2/c1-4-7-5(2)6-3/h4-6H,1-3H3/b7-4-/t5-/m0/s1. The molecule has 1 atom stereocenters. The molecule has 0 aliphatic heterocycles. The van der Waals surface area contributed by atoms with E-state index in [4.69, 9.17) is 0 Å². The molecule has 7 heavy (non-hydrogen) atoms. The van der Waals surface area contributed by atoms with Gasteiger partial charge in [0.15, 0.2) is 0 Å². The van der Waals surface area contributed by atoms with E-state index in [9.17, 15) is 0 Å². The van der Waals surface area contributed by atoms with Crippen molar-refractivity contribution in [3.05, 3.63) is 0 Å². The SMILES string of the molecule is C/C=N\[C@@H](C)NC. The summed E-state index contributed by atoms with van der Waals surface area (Å²) in [5, 5.41) is 2.97. The van der Waals surface area contributed by atoms with Crippen LogP contribution in [0, 0.1) is 0 Å². The predicted molar refractivity (Wildman–Crippen MR) is 32.7 cm³/mol. The average molecular weight is 100 g/mol. The molecule has 0 radical (unpaired) electrons. The Hall–Kier alpha value is -0.370. The fraction of sp³-hybridized carbons (Fsp3) is 0.800. The first-order valence-electron chi connectivity index (χ1n) is 2.46. The van der Waals surface area contributed by atoms with Gasteiger partial charge in [-0.2, -0.15) is 0 Å². The molecule has 2 nitrogen and oxygen atoms in total. The van der Waals surface area contributed by atoms with Crippen LogP contribution in [0.25, 0.3) is 0 Å². The number of aliphatic imine (C=N–C) groups is 1. The highest BCUT2D eigenvalue weighted by Gasteiger charge is 1.84. The van der Waals surface area contributed by atoms with Crippen LogP contribution in [0.15, 0.2) is 4.99 Å². The lowest BCUT2D eigenvalue weighted by Gasteiger charge is -1.99. The highest BCUT2D eigenvalue weighted by Crippen LogP contribution is 1.76.